The molecular formula is C25H24N2O2. The largest absolute Gasteiger partial charge is 0.478 e. The first-order chi connectivity index (χ1) is 14.0. The maximum absolute atomic E-state index is 11.3. The molecule has 4 unspecified atom stereocenters. The zero-order valence-electron chi connectivity index (χ0n) is 16.6. The van der Waals surface area contributed by atoms with Gasteiger partial charge in [-0.05, 0) is 95.7 Å². The van der Waals surface area contributed by atoms with Crippen LogP contribution in [0.4, 0.5) is 0 Å². The van der Waals surface area contributed by atoms with Gasteiger partial charge in [0.2, 0.25) is 0 Å². The average molecular weight is 384 g/mol. The van der Waals surface area contributed by atoms with E-state index in [1.54, 1.807) is 12.3 Å². The van der Waals surface area contributed by atoms with E-state index in [0.717, 1.165) is 37.7 Å². The Labute approximate surface area is 170 Å². The Morgan fingerprint density at radius 3 is 2.93 bits per heavy atom. The van der Waals surface area contributed by atoms with E-state index in [-0.39, 0.29) is 5.41 Å². The van der Waals surface area contributed by atoms with Crippen molar-refractivity contribution in [2.45, 2.75) is 44.9 Å². The van der Waals surface area contributed by atoms with Gasteiger partial charge in [-0.15, -0.1) is 0 Å². The second kappa shape index (κ2) is 6.56. The van der Waals surface area contributed by atoms with Gasteiger partial charge in [0.1, 0.15) is 6.07 Å². The summed E-state index contributed by atoms with van der Waals surface area (Å²) in [5, 5.41) is 18.6. The number of benzene rings is 1. The number of carboxylic acids is 1. The van der Waals surface area contributed by atoms with E-state index in [1.165, 1.54) is 16.7 Å². The molecule has 0 amide bonds. The standard InChI is InChI=1S/C25H24N2O2/c1-25-9-8-20-19-4-3-17(24(28)29)11-16(19)2-5-21(20)23(25)7-6-22(25)18-10-15(12-26)13-27-14-18/h3-4,6,10-11,13-14,20-21,23H,2,5,7-9H2,1H3,(H,28,29). The molecule has 4 nitrogen and oxygen atoms in total. The fourth-order valence-electron chi connectivity index (χ4n) is 6.38. The van der Waals surface area contributed by atoms with Crippen LogP contribution in [0, 0.1) is 28.6 Å². The molecule has 1 heterocycles. The molecule has 0 radical (unpaired) electrons. The highest BCUT2D eigenvalue weighted by atomic mass is 16.4. The van der Waals surface area contributed by atoms with Crippen LogP contribution in [0.3, 0.4) is 0 Å². The first-order valence-corrected chi connectivity index (χ1v) is 10.4. The van der Waals surface area contributed by atoms with Crippen LogP contribution in [-0.4, -0.2) is 16.1 Å². The third-order valence-electron chi connectivity index (χ3n) is 7.73. The molecular weight excluding hydrogens is 360 g/mol. The highest BCUT2D eigenvalue weighted by molar-refractivity contribution is 5.88. The molecule has 0 saturated heterocycles. The molecule has 1 saturated carbocycles. The second-order valence-electron chi connectivity index (χ2n) is 9.02. The number of pyridine rings is 1. The lowest BCUT2D eigenvalue weighted by atomic mass is 9.54. The number of hydrogen-bond acceptors (Lipinski definition) is 3. The van der Waals surface area contributed by atoms with Crippen molar-refractivity contribution in [1.29, 1.82) is 5.26 Å². The van der Waals surface area contributed by atoms with Gasteiger partial charge in [-0.1, -0.05) is 19.1 Å². The molecule has 4 atom stereocenters. The molecule has 1 aromatic carbocycles. The van der Waals surface area contributed by atoms with E-state index in [1.807, 2.05) is 18.3 Å². The number of aryl methyl sites for hydroxylation is 1. The van der Waals surface area contributed by atoms with Crippen molar-refractivity contribution in [3.05, 3.63) is 70.6 Å². The van der Waals surface area contributed by atoms with Gasteiger partial charge < -0.3 is 5.11 Å². The minimum Gasteiger partial charge on any atom is -0.478 e. The lowest BCUT2D eigenvalue weighted by molar-refractivity contribution is 0.0696. The third kappa shape index (κ3) is 2.72. The number of nitriles is 1. The molecule has 146 valence electrons. The van der Waals surface area contributed by atoms with Crippen LogP contribution in [-0.2, 0) is 6.42 Å². The van der Waals surface area contributed by atoms with Crippen LogP contribution in [0.5, 0.6) is 0 Å². The first-order valence-electron chi connectivity index (χ1n) is 10.4. The summed E-state index contributed by atoms with van der Waals surface area (Å²) < 4.78 is 0. The van der Waals surface area contributed by atoms with Crippen molar-refractivity contribution in [1.82, 2.24) is 4.98 Å². The molecule has 1 fully saturated rings. The van der Waals surface area contributed by atoms with Gasteiger partial charge in [-0.3, -0.25) is 4.98 Å². The maximum atomic E-state index is 11.3. The molecule has 0 aliphatic heterocycles. The van der Waals surface area contributed by atoms with Gasteiger partial charge in [-0.2, -0.15) is 5.26 Å². The van der Waals surface area contributed by atoms with E-state index in [0.29, 0.717) is 28.9 Å². The number of aromatic carboxylic acids is 1. The van der Waals surface area contributed by atoms with E-state index >= 15 is 0 Å². The summed E-state index contributed by atoms with van der Waals surface area (Å²) in [6.45, 7) is 2.40. The van der Waals surface area contributed by atoms with Crippen LogP contribution < -0.4 is 0 Å². The normalized spacial score (nSPS) is 29.8. The van der Waals surface area contributed by atoms with Crippen molar-refractivity contribution in [2.24, 2.45) is 17.3 Å². The Hall–Kier alpha value is -2.93. The highest BCUT2D eigenvalue weighted by Gasteiger charge is 2.51. The van der Waals surface area contributed by atoms with Gasteiger partial charge >= 0.3 is 5.97 Å². The lowest BCUT2D eigenvalue weighted by Gasteiger charge is -2.50. The molecule has 29 heavy (non-hydrogen) atoms. The number of fused-ring (bicyclic) bond motifs is 5. The summed E-state index contributed by atoms with van der Waals surface area (Å²) in [4.78, 5) is 15.6. The molecule has 1 N–H and O–H groups in total. The minimum absolute atomic E-state index is 0.120. The number of allylic oxidation sites excluding steroid dienone is 2. The topological polar surface area (TPSA) is 74.0 Å². The number of aromatic nitrogens is 1. The summed E-state index contributed by atoms with van der Waals surface area (Å²) >= 11 is 0. The van der Waals surface area contributed by atoms with Gasteiger partial charge in [0.25, 0.3) is 0 Å². The Morgan fingerprint density at radius 2 is 2.14 bits per heavy atom. The number of hydrogen-bond donors (Lipinski definition) is 1. The Balaban J connectivity index is 1.47. The molecule has 0 bridgehead atoms. The number of carboxylic acid groups (broad SMARTS) is 1. The molecule has 3 aliphatic carbocycles. The molecule has 1 aromatic heterocycles. The molecule has 3 aliphatic rings. The van der Waals surface area contributed by atoms with Crippen molar-refractivity contribution in [3.63, 3.8) is 0 Å². The van der Waals surface area contributed by atoms with E-state index < -0.39 is 5.97 Å². The van der Waals surface area contributed by atoms with Gasteiger partial charge in [0, 0.05) is 12.4 Å². The summed E-state index contributed by atoms with van der Waals surface area (Å²) in [6, 6.07) is 9.92. The average Bonchev–Trinajstić information content (AvgIpc) is 3.10. The quantitative estimate of drug-likeness (QED) is 0.772. The summed E-state index contributed by atoms with van der Waals surface area (Å²) in [7, 11) is 0. The van der Waals surface area contributed by atoms with Crippen LogP contribution in [0.25, 0.3) is 5.57 Å². The molecule has 4 heteroatoms. The number of rotatable bonds is 2. The fourth-order valence-corrected chi connectivity index (χ4v) is 6.38. The van der Waals surface area contributed by atoms with Crippen LogP contribution in [0.1, 0.15) is 71.1 Å². The van der Waals surface area contributed by atoms with Gasteiger partial charge in [0.05, 0.1) is 11.1 Å². The van der Waals surface area contributed by atoms with E-state index in [9.17, 15) is 15.2 Å². The monoisotopic (exact) mass is 384 g/mol. The molecule has 2 aromatic rings. The molecule has 0 spiro atoms. The van der Waals surface area contributed by atoms with E-state index in [4.69, 9.17) is 0 Å². The van der Waals surface area contributed by atoms with Crippen LogP contribution in [0.15, 0.2) is 42.7 Å². The van der Waals surface area contributed by atoms with Crippen molar-refractivity contribution in [2.75, 3.05) is 0 Å². The van der Waals surface area contributed by atoms with E-state index in [2.05, 4.69) is 30.1 Å². The van der Waals surface area contributed by atoms with Crippen LogP contribution >= 0.6 is 0 Å². The summed E-state index contributed by atoms with van der Waals surface area (Å²) in [6.07, 6.45) is 11.3. The van der Waals surface area contributed by atoms with Crippen molar-refractivity contribution >= 4 is 11.5 Å². The van der Waals surface area contributed by atoms with Crippen molar-refractivity contribution in [3.8, 4) is 6.07 Å². The maximum Gasteiger partial charge on any atom is 0.335 e. The Morgan fingerprint density at radius 1 is 1.28 bits per heavy atom. The second-order valence-corrected chi connectivity index (χ2v) is 9.02. The summed E-state index contributed by atoms with van der Waals surface area (Å²) in [5.74, 6) is 0.895. The highest BCUT2D eigenvalue weighted by Crippen LogP contribution is 2.63. The van der Waals surface area contributed by atoms with Crippen molar-refractivity contribution < 1.29 is 9.90 Å². The summed E-state index contributed by atoms with van der Waals surface area (Å²) in [5.41, 5.74) is 6.19. The SMILES string of the molecule is CC12CCC3c4ccc(C(=O)O)cc4CCC3C1CC=C2c1cncc(C#N)c1. The Kier molecular flexibility index (Phi) is 4.10. The smallest absolute Gasteiger partial charge is 0.335 e. The third-order valence-corrected chi connectivity index (χ3v) is 7.73. The first kappa shape index (κ1) is 18.1. The predicted octanol–water partition coefficient (Wildman–Crippen LogP) is 5.20. The Bertz CT molecular complexity index is 1080. The van der Waals surface area contributed by atoms with Gasteiger partial charge in [0.15, 0.2) is 0 Å². The molecule has 5 rings (SSSR count). The number of nitrogens with zero attached hydrogens (tertiary/aromatic N) is 2. The zero-order chi connectivity index (χ0) is 20.2. The number of carbonyl (C=O) groups is 1. The minimum atomic E-state index is -0.844. The lowest BCUT2D eigenvalue weighted by Crippen LogP contribution is -2.41. The van der Waals surface area contributed by atoms with Gasteiger partial charge in [-0.25, -0.2) is 4.79 Å². The predicted molar refractivity (Wildman–Crippen MR) is 110 cm³/mol. The zero-order valence-corrected chi connectivity index (χ0v) is 16.6. The van der Waals surface area contributed by atoms with Crippen LogP contribution in [0.2, 0.25) is 0 Å². The fraction of sp³-hybridized carbons (Fsp3) is 0.400.